The number of anilines is 3. The first-order valence-electron chi connectivity index (χ1n) is 12.1. The lowest BCUT2D eigenvalue weighted by molar-refractivity contribution is -0.143. The van der Waals surface area contributed by atoms with Crippen LogP contribution in [0.1, 0.15) is 50.4 Å². The number of H-pyrrole nitrogens is 1. The number of aromatic nitrogens is 4. The third kappa shape index (κ3) is 7.29. The van der Waals surface area contributed by atoms with Crippen LogP contribution < -0.4 is 26.5 Å². The fraction of sp³-hybridized carbons (Fsp3) is 0.154. The summed E-state index contributed by atoms with van der Waals surface area (Å²) < 4.78 is 38.2. The molecule has 0 aliphatic carbocycles. The Hall–Kier alpha value is -5.67. The van der Waals surface area contributed by atoms with Gasteiger partial charge in [0.2, 0.25) is 0 Å². The summed E-state index contributed by atoms with van der Waals surface area (Å²) in [7, 11) is 0. The SMILES string of the molecule is CC(=O)On1nc(NC(=O)c2ccc(Cc3nc(C(N)=O)c(NC(=O)Nc4ccc(C(F)(F)F)cc4)[nH]3)cc2)cc1C. The van der Waals surface area contributed by atoms with Gasteiger partial charge in [-0.05, 0) is 48.9 Å². The molecule has 0 bridgehead atoms. The van der Waals surface area contributed by atoms with Gasteiger partial charge in [-0.15, -0.1) is 5.10 Å². The summed E-state index contributed by atoms with van der Waals surface area (Å²) >= 11 is 0. The zero-order chi connectivity index (χ0) is 30.6. The van der Waals surface area contributed by atoms with Crippen molar-refractivity contribution in [2.24, 2.45) is 5.73 Å². The summed E-state index contributed by atoms with van der Waals surface area (Å²) in [5.74, 6) is -1.63. The first kappa shape index (κ1) is 29.3. The van der Waals surface area contributed by atoms with E-state index in [-0.39, 0.29) is 35.3 Å². The van der Waals surface area contributed by atoms with E-state index in [1.165, 1.54) is 13.0 Å². The second kappa shape index (κ2) is 11.8. The molecular formula is C26H23F3N8O5. The van der Waals surface area contributed by atoms with Crippen LogP contribution in [0.3, 0.4) is 0 Å². The van der Waals surface area contributed by atoms with Crippen molar-refractivity contribution in [3.63, 3.8) is 0 Å². The number of urea groups is 1. The number of halogens is 3. The van der Waals surface area contributed by atoms with Gasteiger partial charge in [-0.1, -0.05) is 17.0 Å². The molecule has 4 amide bonds. The number of benzene rings is 2. The van der Waals surface area contributed by atoms with E-state index in [9.17, 15) is 32.3 Å². The van der Waals surface area contributed by atoms with Crippen molar-refractivity contribution in [1.82, 2.24) is 19.9 Å². The number of aryl methyl sites for hydroxylation is 1. The van der Waals surface area contributed by atoms with Gasteiger partial charge in [0, 0.05) is 30.7 Å². The van der Waals surface area contributed by atoms with Crippen LogP contribution in [-0.2, 0) is 17.4 Å². The standard InChI is InChI=1S/C26H23F3N8O5/c1-13-11-20(36-37(13)42-14(2)38)34-24(40)16-5-3-15(4-6-16)12-19-32-21(22(30)39)23(33-19)35-25(41)31-18-9-7-17(8-10-18)26(27,28)29/h3-11H,12H2,1-2H3,(H2,30,39)(H,32,33)(H2,31,35,41)(H,34,36,40). The topological polar surface area (TPSA) is 186 Å². The fourth-order valence-corrected chi connectivity index (χ4v) is 3.68. The molecule has 0 aliphatic rings. The number of aromatic amines is 1. The summed E-state index contributed by atoms with van der Waals surface area (Å²) in [6.45, 7) is 2.87. The number of nitrogens with two attached hydrogens (primary N) is 1. The molecule has 0 saturated carbocycles. The van der Waals surface area contributed by atoms with E-state index in [2.05, 4.69) is 31.0 Å². The molecule has 13 nitrogen and oxygen atoms in total. The Morgan fingerprint density at radius 1 is 1.00 bits per heavy atom. The van der Waals surface area contributed by atoms with Crippen molar-refractivity contribution in [2.75, 3.05) is 16.0 Å². The van der Waals surface area contributed by atoms with Gasteiger partial charge in [0.25, 0.3) is 11.8 Å². The molecule has 2 heterocycles. The highest BCUT2D eigenvalue weighted by Crippen LogP contribution is 2.30. The second-order valence-electron chi connectivity index (χ2n) is 8.88. The van der Waals surface area contributed by atoms with Gasteiger partial charge in [0.15, 0.2) is 11.5 Å². The zero-order valence-corrected chi connectivity index (χ0v) is 22.0. The van der Waals surface area contributed by atoms with E-state index in [1.807, 2.05) is 0 Å². The highest BCUT2D eigenvalue weighted by Gasteiger charge is 2.30. The van der Waals surface area contributed by atoms with Crippen LogP contribution in [0.4, 0.5) is 35.3 Å². The van der Waals surface area contributed by atoms with Crippen LogP contribution in [0.5, 0.6) is 0 Å². The Morgan fingerprint density at radius 2 is 1.67 bits per heavy atom. The molecule has 0 atom stereocenters. The Labute approximate surface area is 235 Å². The highest BCUT2D eigenvalue weighted by atomic mass is 19.4. The molecule has 2 aromatic heterocycles. The predicted octanol–water partition coefficient (Wildman–Crippen LogP) is 3.49. The van der Waals surface area contributed by atoms with Gasteiger partial charge in [-0.2, -0.15) is 13.2 Å². The largest absolute Gasteiger partial charge is 0.416 e. The van der Waals surface area contributed by atoms with Crippen molar-refractivity contribution in [3.05, 3.63) is 88.5 Å². The highest BCUT2D eigenvalue weighted by molar-refractivity contribution is 6.04. The molecule has 218 valence electrons. The van der Waals surface area contributed by atoms with Gasteiger partial charge < -0.3 is 26.2 Å². The van der Waals surface area contributed by atoms with Crippen molar-refractivity contribution in [3.8, 4) is 0 Å². The van der Waals surface area contributed by atoms with Gasteiger partial charge >= 0.3 is 18.2 Å². The normalized spacial score (nSPS) is 11.1. The predicted molar refractivity (Wildman–Crippen MR) is 143 cm³/mol. The second-order valence-corrected chi connectivity index (χ2v) is 8.88. The van der Waals surface area contributed by atoms with E-state index in [4.69, 9.17) is 10.6 Å². The Morgan fingerprint density at radius 3 is 2.26 bits per heavy atom. The number of carbonyl (C=O) groups excluding carboxylic acids is 4. The average Bonchev–Trinajstić information content (AvgIpc) is 3.45. The van der Waals surface area contributed by atoms with Crippen LogP contribution in [0, 0.1) is 6.92 Å². The number of carbonyl (C=O) groups is 4. The minimum absolute atomic E-state index is 0.0814. The summed E-state index contributed by atoms with van der Waals surface area (Å²) in [5, 5.41) is 11.3. The molecule has 0 aliphatic heterocycles. The van der Waals surface area contributed by atoms with Crippen LogP contribution in [0.25, 0.3) is 0 Å². The minimum Gasteiger partial charge on any atom is -0.364 e. The molecule has 0 saturated heterocycles. The molecule has 4 aromatic rings. The van der Waals surface area contributed by atoms with Gasteiger partial charge in [-0.3, -0.25) is 14.9 Å². The molecule has 2 aromatic carbocycles. The van der Waals surface area contributed by atoms with E-state index in [1.54, 1.807) is 31.2 Å². The molecular weight excluding hydrogens is 561 g/mol. The Balaban J connectivity index is 1.39. The van der Waals surface area contributed by atoms with Gasteiger partial charge in [-0.25, -0.2) is 14.6 Å². The third-order valence-corrected chi connectivity index (χ3v) is 5.59. The zero-order valence-electron chi connectivity index (χ0n) is 22.0. The van der Waals surface area contributed by atoms with Gasteiger partial charge in [0.05, 0.1) is 11.3 Å². The van der Waals surface area contributed by atoms with Crippen molar-refractivity contribution in [2.45, 2.75) is 26.4 Å². The fourth-order valence-electron chi connectivity index (χ4n) is 3.68. The lowest BCUT2D eigenvalue weighted by Crippen LogP contribution is -2.22. The number of nitrogens with one attached hydrogen (secondary N) is 4. The monoisotopic (exact) mass is 584 g/mol. The summed E-state index contributed by atoms with van der Waals surface area (Å²) in [6.07, 6.45) is -4.36. The number of imidazole rings is 1. The van der Waals surface area contributed by atoms with E-state index >= 15 is 0 Å². The molecule has 0 unspecified atom stereocenters. The molecule has 16 heteroatoms. The van der Waals surface area contributed by atoms with Crippen LogP contribution in [0.2, 0.25) is 0 Å². The van der Waals surface area contributed by atoms with Crippen molar-refractivity contribution in [1.29, 1.82) is 0 Å². The molecule has 0 spiro atoms. The minimum atomic E-state index is -4.52. The lowest BCUT2D eigenvalue weighted by atomic mass is 10.1. The number of hydrogen-bond donors (Lipinski definition) is 5. The quantitative estimate of drug-likeness (QED) is 0.210. The number of amides is 4. The maximum absolute atomic E-state index is 12.7. The van der Waals surface area contributed by atoms with Crippen LogP contribution in [-0.4, -0.2) is 43.7 Å². The van der Waals surface area contributed by atoms with E-state index in [0.717, 1.165) is 29.1 Å². The number of primary amides is 1. The first-order valence-corrected chi connectivity index (χ1v) is 12.1. The Kier molecular flexibility index (Phi) is 8.26. The molecule has 6 N–H and O–H groups in total. The van der Waals surface area contributed by atoms with E-state index in [0.29, 0.717) is 16.8 Å². The van der Waals surface area contributed by atoms with Gasteiger partial charge in [0.1, 0.15) is 11.6 Å². The van der Waals surface area contributed by atoms with Crippen molar-refractivity contribution >= 4 is 41.1 Å². The molecule has 42 heavy (non-hydrogen) atoms. The molecule has 4 rings (SSSR count). The number of nitrogens with zero attached hydrogens (tertiary/aromatic N) is 3. The number of alkyl halides is 3. The number of hydrogen-bond acceptors (Lipinski definition) is 7. The lowest BCUT2D eigenvalue weighted by Gasteiger charge is -2.09. The van der Waals surface area contributed by atoms with Crippen LogP contribution >= 0.6 is 0 Å². The van der Waals surface area contributed by atoms with Crippen molar-refractivity contribution < 1.29 is 37.2 Å². The number of rotatable bonds is 8. The summed E-state index contributed by atoms with van der Waals surface area (Å²) in [4.78, 5) is 60.8. The smallest absolute Gasteiger partial charge is 0.364 e. The van der Waals surface area contributed by atoms with E-state index < -0.39 is 35.6 Å². The average molecular weight is 585 g/mol. The third-order valence-electron chi connectivity index (χ3n) is 5.59. The molecule has 0 radical (unpaired) electrons. The summed E-state index contributed by atoms with van der Waals surface area (Å²) in [5.41, 5.74) is 5.82. The van der Waals surface area contributed by atoms with Crippen LogP contribution in [0.15, 0.2) is 54.6 Å². The first-order chi connectivity index (χ1) is 19.8. The molecule has 0 fully saturated rings. The maximum Gasteiger partial charge on any atom is 0.416 e. The Bertz CT molecular complexity index is 1640. The maximum atomic E-state index is 12.7. The summed E-state index contributed by atoms with van der Waals surface area (Å²) in [6, 6.07) is 10.9.